The van der Waals surface area contributed by atoms with E-state index in [0.717, 1.165) is 0 Å². The second-order valence-electron chi connectivity index (χ2n) is 3.21. The molecule has 5 atom stereocenters. The fraction of sp³-hybridized carbons (Fsp3) is 1.00. The summed E-state index contributed by atoms with van der Waals surface area (Å²) in [5, 5.41) is 53.8. The van der Waals surface area contributed by atoms with Gasteiger partial charge >= 0.3 is 59.2 Å². The first-order valence-corrected chi connectivity index (χ1v) is 5.88. The number of aliphatic hydroxyl groups is 6. The minimum absolute atomic E-state index is 0. The number of hydrogen-bond acceptors (Lipinski definition) is 8. The van der Waals surface area contributed by atoms with Crippen molar-refractivity contribution in [2.45, 2.75) is 30.7 Å². The Morgan fingerprint density at radius 2 is 1.44 bits per heavy atom. The summed E-state index contributed by atoms with van der Waals surface area (Å²) in [5.41, 5.74) is 0. The molecule has 0 saturated carbocycles. The summed E-state index contributed by atoms with van der Waals surface area (Å²) in [6, 6.07) is 0. The maximum Gasteiger partial charge on any atom is 1.00 e. The zero-order valence-electron chi connectivity index (χ0n) is 10.4. The van der Waals surface area contributed by atoms with Gasteiger partial charge in [0, 0.05) is 0 Å². The summed E-state index contributed by atoms with van der Waals surface area (Å²) < 4.78 is 13.9. The molecular weight excluding hydrogens is 302 g/mol. The molecule has 0 aliphatic heterocycles. The molecule has 0 aliphatic carbocycles. The summed E-state index contributed by atoms with van der Waals surface area (Å²) in [4.78, 5) is 16.6. The molecule has 0 aliphatic rings. The van der Waals surface area contributed by atoms with E-state index in [1.165, 1.54) is 0 Å². The summed E-state index contributed by atoms with van der Waals surface area (Å²) in [7, 11) is -5.09. The molecule has 18 heavy (non-hydrogen) atoms. The van der Waals surface area contributed by atoms with Gasteiger partial charge in [-0.25, -0.2) is 4.57 Å². The van der Waals surface area contributed by atoms with Crippen LogP contribution in [-0.2, 0) is 9.09 Å². The maximum absolute atomic E-state index is 10.3. The molecule has 0 bridgehead atoms. The fourth-order valence-corrected chi connectivity index (χ4v) is 1.32. The molecule has 0 fully saturated rings. The monoisotopic (exact) mass is 318 g/mol. The van der Waals surface area contributed by atoms with Crippen LogP contribution in [0.2, 0.25) is 0 Å². The quantitative estimate of drug-likeness (QED) is 0.127. The average Bonchev–Trinajstić information content (AvgIpc) is 2.22. The molecule has 0 heterocycles. The van der Waals surface area contributed by atoms with Gasteiger partial charge in [-0.1, -0.05) is 0 Å². The van der Waals surface area contributed by atoms with E-state index < -0.39 is 45.1 Å². The molecule has 0 amide bonds. The third-order valence-electron chi connectivity index (χ3n) is 1.82. The minimum Gasteiger partial charge on any atom is -1.00 e. The zero-order chi connectivity index (χ0) is 13.8. The van der Waals surface area contributed by atoms with Crippen molar-refractivity contribution in [3.63, 3.8) is 0 Å². The van der Waals surface area contributed by atoms with Gasteiger partial charge < -0.3 is 41.9 Å². The van der Waals surface area contributed by atoms with Crippen molar-refractivity contribution < 1.29 is 102 Å². The molecule has 0 aromatic carbocycles. The van der Waals surface area contributed by atoms with Crippen molar-refractivity contribution in [2.75, 3.05) is 6.61 Å². The summed E-state index contributed by atoms with van der Waals surface area (Å²) in [6.45, 7) is -0.930. The van der Waals surface area contributed by atoms with Crippen molar-refractivity contribution >= 4 is 7.82 Å². The fourth-order valence-electron chi connectivity index (χ4n) is 0.909. The Bertz CT molecular complexity index is 277. The van der Waals surface area contributed by atoms with Crippen LogP contribution in [0.4, 0.5) is 0 Å². The smallest absolute Gasteiger partial charge is 1.00 e. The van der Waals surface area contributed by atoms with Crippen molar-refractivity contribution in [1.82, 2.24) is 0 Å². The van der Waals surface area contributed by atoms with Crippen LogP contribution in [0, 0.1) is 0 Å². The maximum atomic E-state index is 10.3. The van der Waals surface area contributed by atoms with Gasteiger partial charge in [0.15, 0.2) is 6.29 Å². The first-order chi connectivity index (χ1) is 7.60. The Hall–Kier alpha value is 1.51. The van der Waals surface area contributed by atoms with E-state index in [-0.39, 0.29) is 52.8 Å². The Labute approximate surface area is 146 Å². The number of phosphoric ester groups is 1. The second-order valence-corrected chi connectivity index (χ2v) is 4.40. The van der Waals surface area contributed by atoms with E-state index in [0.29, 0.717) is 0 Å². The largest absolute Gasteiger partial charge is 1.00 e. The topological polar surface area (TPSA) is 188 Å². The third-order valence-corrected chi connectivity index (χ3v) is 2.31. The number of phosphoric acid groups is 1. The van der Waals surface area contributed by atoms with E-state index in [4.69, 9.17) is 35.3 Å². The van der Waals surface area contributed by atoms with E-state index in [2.05, 4.69) is 4.52 Å². The Kier molecular flexibility index (Phi) is 11.4. The molecule has 0 rings (SSSR count). The van der Waals surface area contributed by atoms with Crippen LogP contribution in [0.5, 0.6) is 0 Å². The molecule has 10 nitrogen and oxygen atoms in total. The van der Waals surface area contributed by atoms with E-state index in [1.54, 1.807) is 0 Å². The van der Waals surface area contributed by atoms with E-state index in [9.17, 15) is 9.67 Å². The normalized spacial score (nSPS) is 20.4. The van der Waals surface area contributed by atoms with Gasteiger partial charge in [0.2, 0.25) is 0 Å². The molecule has 106 valence electrons. The first-order valence-electron chi connectivity index (χ1n) is 4.35. The van der Waals surface area contributed by atoms with Gasteiger partial charge in [0.1, 0.15) is 24.4 Å². The Morgan fingerprint density at radius 1 is 1.00 bits per heavy atom. The van der Waals surface area contributed by atoms with E-state index in [1.807, 2.05) is 0 Å². The number of hydrogen-bond donors (Lipinski definition) is 8. The van der Waals surface area contributed by atoms with E-state index >= 15 is 0 Å². The van der Waals surface area contributed by atoms with Crippen LogP contribution in [-0.4, -0.2) is 77.7 Å². The molecule has 0 aromatic heterocycles. The molecular formula is C6H16KO10P. The SMILES string of the molecule is O=P(O)(O)OC(O)[C@@H](O)[C@@H](O)[C@H](O)[C@H](O)CO.[H-].[K+]. The molecule has 0 spiro atoms. The number of rotatable bonds is 7. The summed E-state index contributed by atoms with van der Waals surface area (Å²) in [6.07, 6.45) is -10.8. The Balaban J connectivity index is -0.00000128. The van der Waals surface area contributed by atoms with Crippen molar-refractivity contribution in [1.29, 1.82) is 0 Å². The predicted molar refractivity (Wildman–Crippen MR) is 51.4 cm³/mol. The predicted octanol–water partition coefficient (Wildman–Crippen LogP) is -7.03. The van der Waals surface area contributed by atoms with Crippen LogP contribution in [0.15, 0.2) is 0 Å². The summed E-state index contributed by atoms with van der Waals surface area (Å²) >= 11 is 0. The molecule has 0 radical (unpaired) electrons. The zero-order valence-corrected chi connectivity index (χ0v) is 13.5. The first kappa shape index (κ1) is 21.8. The van der Waals surface area contributed by atoms with Gasteiger partial charge in [-0.05, 0) is 0 Å². The van der Waals surface area contributed by atoms with Crippen LogP contribution in [0.1, 0.15) is 1.43 Å². The van der Waals surface area contributed by atoms with Crippen LogP contribution >= 0.6 is 7.82 Å². The minimum atomic E-state index is -5.09. The number of aliphatic hydroxyl groups excluding tert-OH is 6. The van der Waals surface area contributed by atoms with Gasteiger partial charge in [-0.2, -0.15) is 0 Å². The van der Waals surface area contributed by atoms with Crippen molar-refractivity contribution in [3.05, 3.63) is 0 Å². The second kappa shape index (κ2) is 9.44. The summed E-state index contributed by atoms with van der Waals surface area (Å²) in [5.74, 6) is 0. The molecule has 12 heteroatoms. The molecule has 8 N–H and O–H groups in total. The Morgan fingerprint density at radius 3 is 1.78 bits per heavy atom. The molecule has 0 aromatic rings. The van der Waals surface area contributed by atoms with Gasteiger partial charge in [0.25, 0.3) is 0 Å². The van der Waals surface area contributed by atoms with Gasteiger partial charge in [-0.3, -0.25) is 4.52 Å². The van der Waals surface area contributed by atoms with Crippen LogP contribution < -0.4 is 51.4 Å². The van der Waals surface area contributed by atoms with Crippen LogP contribution in [0.3, 0.4) is 0 Å². The van der Waals surface area contributed by atoms with Gasteiger partial charge in [0.05, 0.1) is 6.61 Å². The van der Waals surface area contributed by atoms with Crippen molar-refractivity contribution in [2.24, 2.45) is 0 Å². The average molecular weight is 318 g/mol. The molecule has 0 saturated heterocycles. The third kappa shape index (κ3) is 7.94. The van der Waals surface area contributed by atoms with Gasteiger partial charge in [-0.15, -0.1) is 0 Å². The van der Waals surface area contributed by atoms with Crippen molar-refractivity contribution in [3.8, 4) is 0 Å². The standard InChI is InChI=1S/C6H15O10P.K.H/c7-1-2(8)3(9)4(10)5(11)6(12)16-17(13,14)15;;/h2-12H,1H2,(H2,13,14,15);;/q;+1;-1/t2-,3-,4+,5+,6?;;/m1../s1. The van der Waals surface area contributed by atoms with Crippen LogP contribution in [0.25, 0.3) is 0 Å². The molecule has 1 unspecified atom stereocenters.